The van der Waals surface area contributed by atoms with Crippen LogP contribution in [0.4, 0.5) is 5.69 Å². The zero-order valence-electron chi connectivity index (χ0n) is 17.8. The molecule has 32 heavy (non-hydrogen) atoms. The van der Waals surface area contributed by atoms with Gasteiger partial charge in [0.2, 0.25) is 5.91 Å². The second-order valence-electron chi connectivity index (χ2n) is 7.22. The third-order valence-electron chi connectivity index (χ3n) is 5.14. The summed E-state index contributed by atoms with van der Waals surface area (Å²) in [5.74, 6) is 0.710. The zero-order valence-corrected chi connectivity index (χ0v) is 18.5. The van der Waals surface area contributed by atoms with Crippen LogP contribution in [0, 0.1) is 6.92 Å². The molecule has 0 spiro atoms. The number of benzene rings is 2. The average molecular weight is 453 g/mol. The number of halogens is 1. The Labute approximate surface area is 188 Å². The van der Waals surface area contributed by atoms with Gasteiger partial charge in [0.15, 0.2) is 5.52 Å². The molecule has 2 aromatic heterocycles. The number of ether oxygens (including phenoxy) is 1. The molecule has 0 unspecified atom stereocenters. The van der Waals surface area contributed by atoms with E-state index in [0.717, 1.165) is 0 Å². The smallest absolute Gasteiger partial charge is 0.297 e. The standard InChI is InChI=1S/C23H21ClN4O4/c1-4-18(22(29)25-16-9-6-8-15(24)12-16)28-23(30)21-19(13(2)32-27-21)20(26-28)14-7-5-10-17(11-14)31-3/h5-12,18H,4H2,1-3H3,(H,25,29)/t18-/m0/s1. The first kappa shape index (κ1) is 21.6. The molecule has 2 aromatic carbocycles. The molecule has 0 saturated heterocycles. The molecule has 1 amide bonds. The van der Waals surface area contributed by atoms with E-state index in [2.05, 4.69) is 15.6 Å². The second kappa shape index (κ2) is 8.84. The number of hydrogen-bond acceptors (Lipinski definition) is 6. The van der Waals surface area contributed by atoms with Crippen molar-refractivity contribution in [2.45, 2.75) is 26.3 Å². The van der Waals surface area contributed by atoms with Crippen LogP contribution in [0.25, 0.3) is 22.2 Å². The minimum Gasteiger partial charge on any atom is -0.497 e. The molecule has 9 heteroatoms. The quantitative estimate of drug-likeness (QED) is 0.458. The van der Waals surface area contributed by atoms with E-state index >= 15 is 0 Å². The maximum absolute atomic E-state index is 13.2. The minimum absolute atomic E-state index is 0.115. The van der Waals surface area contributed by atoms with E-state index in [1.165, 1.54) is 4.68 Å². The number of fused-ring (bicyclic) bond motifs is 1. The number of aryl methyl sites for hydroxylation is 1. The molecular weight excluding hydrogens is 432 g/mol. The number of carbonyl (C=O) groups is 1. The molecular formula is C23H21ClN4O4. The van der Waals surface area contributed by atoms with Crippen LogP contribution in [-0.4, -0.2) is 28.0 Å². The van der Waals surface area contributed by atoms with Gasteiger partial charge < -0.3 is 14.6 Å². The van der Waals surface area contributed by atoms with Gasteiger partial charge in [-0.25, -0.2) is 4.68 Å². The average Bonchev–Trinajstić information content (AvgIpc) is 3.18. The Hall–Kier alpha value is -3.65. The van der Waals surface area contributed by atoms with E-state index < -0.39 is 11.6 Å². The molecule has 8 nitrogen and oxygen atoms in total. The summed E-state index contributed by atoms with van der Waals surface area (Å²) >= 11 is 6.02. The van der Waals surface area contributed by atoms with Crippen molar-refractivity contribution >= 4 is 34.1 Å². The highest BCUT2D eigenvalue weighted by Gasteiger charge is 2.26. The predicted octanol–water partition coefficient (Wildman–Crippen LogP) is 4.61. The van der Waals surface area contributed by atoms with E-state index in [-0.39, 0.29) is 11.4 Å². The summed E-state index contributed by atoms with van der Waals surface area (Å²) < 4.78 is 11.8. The topological polar surface area (TPSA) is 99.2 Å². The van der Waals surface area contributed by atoms with Crippen LogP contribution in [0.5, 0.6) is 5.75 Å². The number of methoxy groups -OCH3 is 1. The lowest BCUT2D eigenvalue weighted by Gasteiger charge is -2.18. The van der Waals surface area contributed by atoms with Gasteiger partial charge in [-0.1, -0.05) is 41.9 Å². The first-order valence-corrected chi connectivity index (χ1v) is 10.4. The van der Waals surface area contributed by atoms with E-state index in [1.807, 2.05) is 18.2 Å². The first-order valence-electron chi connectivity index (χ1n) is 10.0. The Kier molecular flexibility index (Phi) is 5.96. The SMILES string of the molecule is CC[C@@H](C(=O)Nc1cccc(Cl)c1)n1nc(-c2cccc(OC)c2)c2c(C)onc2c1=O. The molecule has 4 aromatic rings. The molecule has 1 N–H and O–H groups in total. The van der Waals surface area contributed by atoms with Crippen LogP contribution in [-0.2, 0) is 4.79 Å². The third-order valence-corrected chi connectivity index (χ3v) is 5.37. The largest absolute Gasteiger partial charge is 0.497 e. The minimum atomic E-state index is -0.868. The normalized spacial score (nSPS) is 12.0. The lowest BCUT2D eigenvalue weighted by atomic mass is 10.1. The number of anilines is 1. The Morgan fingerprint density at radius 3 is 2.75 bits per heavy atom. The van der Waals surface area contributed by atoms with Crippen molar-refractivity contribution in [1.29, 1.82) is 0 Å². The highest BCUT2D eigenvalue weighted by Crippen LogP contribution is 2.30. The monoisotopic (exact) mass is 452 g/mol. The summed E-state index contributed by atoms with van der Waals surface area (Å²) in [4.78, 5) is 26.3. The van der Waals surface area contributed by atoms with Gasteiger partial charge >= 0.3 is 0 Å². The fourth-order valence-corrected chi connectivity index (χ4v) is 3.74. The fourth-order valence-electron chi connectivity index (χ4n) is 3.55. The fraction of sp³-hybridized carbons (Fsp3) is 0.217. The van der Waals surface area contributed by atoms with E-state index in [9.17, 15) is 9.59 Å². The molecule has 0 aliphatic carbocycles. The number of nitrogens with zero attached hydrogens (tertiary/aromatic N) is 3. The van der Waals surface area contributed by atoms with Gasteiger partial charge in [-0.2, -0.15) is 5.10 Å². The predicted molar refractivity (Wildman–Crippen MR) is 122 cm³/mol. The Morgan fingerprint density at radius 1 is 1.25 bits per heavy atom. The second-order valence-corrected chi connectivity index (χ2v) is 7.65. The molecule has 2 heterocycles. The lowest BCUT2D eigenvalue weighted by molar-refractivity contribution is -0.119. The van der Waals surface area contributed by atoms with Gasteiger partial charge in [0.05, 0.1) is 12.5 Å². The maximum Gasteiger partial charge on any atom is 0.297 e. The van der Waals surface area contributed by atoms with Crippen LogP contribution in [0.3, 0.4) is 0 Å². The van der Waals surface area contributed by atoms with Crippen molar-refractivity contribution in [2.24, 2.45) is 0 Å². The molecule has 0 radical (unpaired) electrons. The highest BCUT2D eigenvalue weighted by atomic mass is 35.5. The number of amides is 1. The van der Waals surface area contributed by atoms with E-state index in [4.69, 9.17) is 20.9 Å². The van der Waals surface area contributed by atoms with Gasteiger partial charge in [0.25, 0.3) is 5.56 Å². The molecule has 0 saturated carbocycles. The number of hydrogen-bond donors (Lipinski definition) is 1. The van der Waals surface area contributed by atoms with Crippen LogP contribution < -0.4 is 15.6 Å². The summed E-state index contributed by atoms with van der Waals surface area (Å²) in [6, 6.07) is 13.2. The van der Waals surface area contributed by atoms with Gasteiger partial charge in [-0.15, -0.1) is 0 Å². The summed E-state index contributed by atoms with van der Waals surface area (Å²) in [6.07, 6.45) is 0.333. The van der Waals surface area contributed by atoms with Crippen molar-refractivity contribution in [3.63, 3.8) is 0 Å². The van der Waals surface area contributed by atoms with Gasteiger partial charge in [-0.3, -0.25) is 9.59 Å². The Balaban J connectivity index is 1.85. The summed E-state index contributed by atoms with van der Waals surface area (Å²) in [6.45, 7) is 3.52. The van der Waals surface area contributed by atoms with E-state index in [1.54, 1.807) is 51.3 Å². The van der Waals surface area contributed by atoms with Crippen LogP contribution in [0.1, 0.15) is 25.1 Å². The van der Waals surface area contributed by atoms with Gasteiger partial charge in [0.1, 0.15) is 23.2 Å². The number of rotatable bonds is 6. The molecule has 0 fully saturated rings. The lowest BCUT2D eigenvalue weighted by Crippen LogP contribution is -2.35. The molecule has 4 rings (SSSR count). The highest BCUT2D eigenvalue weighted by molar-refractivity contribution is 6.30. The Bertz CT molecular complexity index is 1360. The van der Waals surface area contributed by atoms with Crippen LogP contribution in [0.15, 0.2) is 57.8 Å². The zero-order chi connectivity index (χ0) is 22.8. The van der Waals surface area contributed by atoms with Crippen molar-refractivity contribution in [3.8, 4) is 17.0 Å². The molecule has 1 atom stereocenters. The van der Waals surface area contributed by atoms with Gasteiger partial charge in [-0.05, 0) is 43.7 Å². The first-order chi connectivity index (χ1) is 15.4. The van der Waals surface area contributed by atoms with Gasteiger partial charge in [0, 0.05) is 16.3 Å². The summed E-state index contributed by atoms with van der Waals surface area (Å²) in [7, 11) is 1.57. The molecule has 164 valence electrons. The summed E-state index contributed by atoms with van der Waals surface area (Å²) in [5.41, 5.74) is 1.33. The third kappa shape index (κ3) is 3.97. The number of nitrogens with one attached hydrogen (secondary N) is 1. The molecule has 0 aliphatic heterocycles. The van der Waals surface area contributed by atoms with E-state index in [0.29, 0.717) is 45.3 Å². The van der Waals surface area contributed by atoms with Crippen molar-refractivity contribution < 1.29 is 14.1 Å². The van der Waals surface area contributed by atoms with Crippen molar-refractivity contribution in [2.75, 3.05) is 12.4 Å². The van der Waals surface area contributed by atoms with Crippen LogP contribution >= 0.6 is 11.6 Å². The summed E-state index contributed by atoms with van der Waals surface area (Å²) in [5, 5.41) is 12.3. The van der Waals surface area contributed by atoms with Crippen molar-refractivity contribution in [3.05, 3.63) is 69.7 Å². The number of carbonyl (C=O) groups excluding carboxylic acids is 1. The van der Waals surface area contributed by atoms with Crippen LogP contribution in [0.2, 0.25) is 5.02 Å². The molecule has 0 aliphatic rings. The Morgan fingerprint density at radius 2 is 2.03 bits per heavy atom. The van der Waals surface area contributed by atoms with Crippen molar-refractivity contribution in [1.82, 2.24) is 14.9 Å². The number of aromatic nitrogens is 3. The maximum atomic E-state index is 13.2. The molecule has 0 bridgehead atoms.